The molecule has 3 heteroatoms. The average molecular weight is 377 g/mol. The topological polar surface area (TPSA) is 26.3 Å². The van der Waals surface area contributed by atoms with Gasteiger partial charge in [-0.1, -0.05) is 0 Å². The van der Waals surface area contributed by atoms with Crippen LogP contribution in [0.1, 0.15) is 85.0 Å². The average Bonchev–Trinajstić information content (AvgIpc) is 2.41. The predicted molar refractivity (Wildman–Crippen MR) is 86.0 cm³/mol. The number of carbonyl (C=O) groups excluding carboxylic acids is 1. The van der Waals surface area contributed by atoms with Crippen molar-refractivity contribution in [2.24, 2.45) is 0 Å². The van der Waals surface area contributed by atoms with Crippen molar-refractivity contribution in [2.45, 2.75) is 93.9 Å². The van der Waals surface area contributed by atoms with Crippen molar-refractivity contribution in [1.82, 2.24) is 0 Å². The van der Waals surface area contributed by atoms with E-state index in [-0.39, 0.29) is 5.97 Å². The van der Waals surface area contributed by atoms with Crippen LogP contribution in [-0.2, 0) is 7.87 Å². The number of hydrogen-bond acceptors (Lipinski definition) is 2. The molecule has 0 saturated heterocycles. The first-order valence-corrected chi connectivity index (χ1v) is 14.4. The second-order valence-electron chi connectivity index (χ2n) is 5.56. The van der Waals surface area contributed by atoms with E-state index in [2.05, 4.69) is 20.8 Å². The van der Waals surface area contributed by atoms with Crippen molar-refractivity contribution in [2.75, 3.05) is 0 Å². The SMILES string of the molecule is CCCCCCCC(=O)[O][SnH]([CH2]CCC)[CH2]CCC. The zero-order valence-corrected chi connectivity index (χ0v) is 16.7. The van der Waals surface area contributed by atoms with Gasteiger partial charge in [0.25, 0.3) is 0 Å². The zero-order valence-electron chi connectivity index (χ0n) is 13.4. The molecule has 0 aliphatic heterocycles. The molecule has 0 radical (unpaired) electrons. The van der Waals surface area contributed by atoms with Crippen molar-refractivity contribution >= 4 is 26.1 Å². The Morgan fingerprint density at radius 1 is 0.789 bits per heavy atom. The summed E-state index contributed by atoms with van der Waals surface area (Å²) in [5.74, 6) is 0.115. The van der Waals surface area contributed by atoms with Crippen LogP contribution < -0.4 is 0 Å². The van der Waals surface area contributed by atoms with Crippen molar-refractivity contribution < 1.29 is 7.87 Å². The van der Waals surface area contributed by atoms with Gasteiger partial charge in [-0.3, -0.25) is 0 Å². The molecule has 0 saturated carbocycles. The predicted octanol–water partition coefficient (Wildman–Crippen LogP) is 5.21. The van der Waals surface area contributed by atoms with Gasteiger partial charge in [-0.05, 0) is 0 Å². The van der Waals surface area contributed by atoms with E-state index in [1.54, 1.807) is 0 Å². The summed E-state index contributed by atoms with van der Waals surface area (Å²) in [6, 6.07) is 0. The molecule has 0 aromatic rings. The molecule has 0 aromatic carbocycles. The summed E-state index contributed by atoms with van der Waals surface area (Å²) in [6.07, 6.45) is 11.7. The fourth-order valence-corrected chi connectivity index (χ4v) is 10.1. The molecule has 0 bridgehead atoms. The Morgan fingerprint density at radius 3 is 1.84 bits per heavy atom. The minimum atomic E-state index is -1.96. The van der Waals surface area contributed by atoms with Crippen LogP contribution in [0.15, 0.2) is 0 Å². The van der Waals surface area contributed by atoms with Gasteiger partial charge in [-0.25, -0.2) is 0 Å². The summed E-state index contributed by atoms with van der Waals surface area (Å²) in [7, 11) is 0. The molecule has 0 N–H and O–H groups in total. The quantitative estimate of drug-likeness (QED) is 0.325. The standard InChI is InChI=1S/C8H16O2.2C4H9.Sn.H/c1-2-3-4-5-6-7-8(9)10;2*1-3-4-2;;/h2-7H2,1H3,(H,9,10);2*1,3-4H2,2H3;;/q;;;+1;/p-1. The van der Waals surface area contributed by atoms with Gasteiger partial charge >= 0.3 is 128 Å². The fourth-order valence-electron chi connectivity index (χ4n) is 2.24. The summed E-state index contributed by atoms with van der Waals surface area (Å²) < 4.78 is 8.33. The Labute approximate surface area is 128 Å². The summed E-state index contributed by atoms with van der Waals surface area (Å²) in [5.41, 5.74) is 0. The molecule has 114 valence electrons. The van der Waals surface area contributed by atoms with Gasteiger partial charge in [-0.2, -0.15) is 0 Å². The Morgan fingerprint density at radius 2 is 1.32 bits per heavy atom. The maximum atomic E-state index is 11.8. The molecule has 0 aliphatic rings. The third-order valence-corrected chi connectivity index (χ3v) is 11.2. The van der Waals surface area contributed by atoms with Crippen LogP contribution in [0, 0.1) is 0 Å². The van der Waals surface area contributed by atoms with Gasteiger partial charge in [0.05, 0.1) is 0 Å². The van der Waals surface area contributed by atoms with Gasteiger partial charge < -0.3 is 0 Å². The van der Waals surface area contributed by atoms with Gasteiger partial charge in [-0.15, -0.1) is 0 Å². The van der Waals surface area contributed by atoms with Gasteiger partial charge in [0, 0.05) is 0 Å². The van der Waals surface area contributed by atoms with Crippen LogP contribution in [-0.4, -0.2) is 26.1 Å². The van der Waals surface area contributed by atoms with Gasteiger partial charge in [0.1, 0.15) is 0 Å². The Kier molecular flexibility index (Phi) is 14.9. The number of unbranched alkanes of at least 4 members (excludes halogenated alkanes) is 6. The Hall–Kier alpha value is 0.269. The van der Waals surface area contributed by atoms with E-state index < -0.39 is 20.2 Å². The van der Waals surface area contributed by atoms with Gasteiger partial charge in [0.2, 0.25) is 0 Å². The fraction of sp³-hybridized carbons (Fsp3) is 0.938. The normalized spacial score (nSPS) is 10.9. The van der Waals surface area contributed by atoms with Crippen LogP contribution in [0.2, 0.25) is 8.87 Å². The molecular weight excluding hydrogens is 343 g/mol. The monoisotopic (exact) mass is 378 g/mol. The summed E-state index contributed by atoms with van der Waals surface area (Å²) in [5, 5.41) is 0. The van der Waals surface area contributed by atoms with Crippen LogP contribution in [0.25, 0.3) is 0 Å². The van der Waals surface area contributed by atoms with Crippen LogP contribution in [0.5, 0.6) is 0 Å². The molecule has 0 aromatic heterocycles. The Bertz CT molecular complexity index is 199. The minimum absolute atomic E-state index is 0.115. The first kappa shape index (κ1) is 19.3. The van der Waals surface area contributed by atoms with E-state index in [1.165, 1.54) is 60.2 Å². The Balaban J connectivity index is 3.74. The second kappa shape index (κ2) is 14.7. The van der Waals surface area contributed by atoms with Gasteiger partial charge in [0.15, 0.2) is 0 Å². The molecular formula is C16H34O2Sn. The van der Waals surface area contributed by atoms with Crippen LogP contribution in [0.3, 0.4) is 0 Å². The van der Waals surface area contributed by atoms with Crippen LogP contribution in [0.4, 0.5) is 0 Å². The maximum absolute atomic E-state index is 11.8. The molecule has 0 amide bonds. The summed E-state index contributed by atoms with van der Waals surface area (Å²) in [4.78, 5) is 11.8. The molecule has 0 unspecified atom stereocenters. The van der Waals surface area contributed by atoms with E-state index >= 15 is 0 Å². The molecule has 0 rings (SSSR count). The molecule has 19 heavy (non-hydrogen) atoms. The van der Waals surface area contributed by atoms with Crippen molar-refractivity contribution in [3.8, 4) is 0 Å². The molecule has 0 spiro atoms. The third kappa shape index (κ3) is 13.0. The molecule has 0 atom stereocenters. The van der Waals surface area contributed by atoms with E-state index in [0.717, 1.165) is 6.42 Å². The third-order valence-electron chi connectivity index (χ3n) is 3.54. The summed E-state index contributed by atoms with van der Waals surface area (Å²) >= 11 is -1.96. The molecule has 0 fully saturated rings. The number of rotatable bonds is 13. The van der Waals surface area contributed by atoms with E-state index in [1.807, 2.05) is 0 Å². The van der Waals surface area contributed by atoms with Crippen molar-refractivity contribution in [1.29, 1.82) is 0 Å². The van der Waals surface area contributed by atoms with E-state index in [4.69, 9.17) is 3.07 Å². The number of carbonyl (C=O) groups is 1. The molecule has 2 nitrogen and oxygen atoms in total. The molecule has 0 heterocycles. The molecule has 0 aliphatic carbocycles. The van der Waals surface area contributed by atoms with E-state index in [9.17, 15) is 4.79 Å². The zero-order chi connectivity index (χ0) is 14.3. The number of hydrogen-bond donors (Lipinski definition) is 0. The van der Waals surface area contributed by atoms with E-state index in [0.29, 0.717) is 6.42 Å². The first-order chi connectivity index (χ1) is 9.24. The second-order valence-corrected chi connectivity index (χ2v) is 13.1. The van der Waals surface area contributed by atoms with Crippen molar-refractivity contribution in [3.05, 3.63) is 0 Å². The van der Waals surface area contributed by atoms with Crippen molar-refractivity contribution in [3.63, 3.8) is 0 Å². The van der Waals surface area contributed by atoms with Crippen LogP contribution >= 0.6 is 0 Å². The summed E-state index contributed by atoms with van der Waals surface area (Å²) in [6.45, 7) is 6.66. The first-order valence-electron chi connectivity index (χ1n) is 8.44.